The van der Waals surface area contributed by atoms with E-state index in [0.717, 1.165) is 17.3 Å². The molecule has 0 aliphatic rings. The van der Waals surface area contributed by atoms with Gasteiger partial charge < -0.3 is 5.32 Å². The molecule has 17 heavy (non-hydrogen) atoms. The molecule has 0 spiro atoms. The fraction of sp³-hybridized carbons (Fsp3) is 0.286. The van der Waals surface area contributed by atoms with Crippen LogP contribution in [-0.4, -0.2) is 6.04 Å². The summed E-state index contributed by atoms with van der Waals surface area (Å²) in [6, 6.07) is 15.1. The summed E-state index contributed by atoms with van der Waals surface area (Å²) in [5.41, 5.74) is 1.37. The van der Waals surface area contributed by atoms with Crippen molar-refractivity contribution in [1.82, 2.24) is 5.32 Å². The van der Waals surface area contributed by atoms with Crippen molar-refractivity contribution in [2.24, 2.45) is 0 Å². The molecule has 1 nitrogen and oxygen atoms in total. The molecule has 2 aromatic rings. The van der Waals surface area contributed by atoms with E-state index in [-0.39, 0.29) is 0 Å². The van der Waals surface area contributed by atoms with Crippen molar-refractivity contribution in [3.63, 3.8) is 0 Å². The summed E-state index contributed by atoms with van der Waals surface area (Å²) in [5, 5.41) is 3.51. The van der Waals surface area contributed by atoms with Gasteiger partial charge in [-0.3, -0.25) is 0 Å². The van der Waals surface area contributed by atoms with E-state index in [4.69, 9.17) is 11.6 Å². The molecule has 90 valence electrons. The van der Waals surface area contributed by atoms with Gasteiger partial charge in [-0.1, -0.05) is 41.9 Å². The highest BCUT2D eigenvalue weighted by Crippen LogP contribution is 2.21. The van der Waals surface area contributed by atoms with E-state index < -0.39 is 0 Å². The van der Waals surface area contributed by atoms with Gasteiger partial charge in [-0.2, -0.15) is 0 Å². The second-order valence-corrected chi connectivity index (χ2v) is 5.98. The van der Waals surface area contributed by atoms with Crippen LogP contribution in [0.5, 0.6) is 0 Å². The van der Waals surface area contributed by atoms with Crippen LogP contribution in [0.15, 0.2) is 42.5 Å². The van der Waals surface area contributed by atoms with Crippen LogP contribution in [0.1, 0.15) is 17.4 Å². The average molecular weight is 266 g/mol. The van der Waals surface area contributed by atoms with Crippen molar-refractivity contribution in [2.75, 3.05) is 0 Å². The molecule has 1 atom stereocenters. The number of halogens is 1. The van der Waals surface area contributed by atoms with Gasteiger partial charge in [-0.25, -0.2) is 0 Å². The molecule has 2 rings (SSSR count). The van der Waals surface area contributed by atoms with Crippen molar-refractivity contribution < 1.29 is 0 Å². The lowest BCUT2D eigenvalue weighted by atomic mass is 10.1. The Labute approximate surface area is 111 Å². The average Bonchev–Trinajstić information content (AvgIpc) is 2.74. The molecule has 3 heteroatoms. The first-order valence-corrected chi connectivity index (χ1v) is 6.95. The van der Waals surface area contributed by atoms with E-state index in [0.29, 0.717) is 6.04 Å². The zero-order valence-electron chi connectivity index (χ0n) is 9.82. The molecule has 0 bridgehead atoms. The van der Waals surface area contributed by atoms with Crippen LogP contribution < -0.4 is 5.32 Å². The highest BCUT2D eigenvalue weighted by atomic mass is 35.5. The molecule has 0 aliphatic carbocycles. The van der Waals surface area contributed by atoms with Crippen LogP contribution in [0.2, 0.25) is 4.34 Å². The molecule has 0 saturated carbocycles. The first kappa shape index (κ1) is 12.6. The third kappa shape index (κ3) is 4.15. The van der Waals surface area contributed by atoms with Gasteiger partial charge >= 0.3 is 0 Å². The minimum absolute atomic E-state index is 0.471. The minimum atomic E-state index is 0.471. The van der Waals surface area contributed by atoms with Gasteiger partial charge in [0.15, 0.2) is 0 Å². The molecular weight excluding hydrogens is 250 g/mol. The molecule has 0 saturated heterocycles. The fourth-order valence-corrected chi connectivity index (χ4v) is 2.80. The summed E-state index contributed by atoms with van der Waals surface area (Å²) < 4.78 is 0.859. The molecule has 1 unspecified atom stereocenters. The number of thiophene rings is 1. The maximum Gasteiger partial charge on any atom is 0.0931 e. The highest BCUT2D eigenvalue weighted by Gasteiger charge is 2.04. The lowest BCUT2D eigenvalue weighted by Gasteiger charge is -2.13. The van der Waals surface area contributed by atoms with Gasteiger partial charge in [0.05, 0.1) is 4.34 Å². The molecular formula is C14H16ClNS. The Kier molecular flexibility index (Phi) is 4.60. The molecule has 1 heterocycles. The zero-order chi connectivity index (χ0) is 12.1. The van der Waals surface area contributed by atoms with Crippen molar-refractivity contribution in [1.29, 1.82) is 0 Å². The summed E-state index contributed by atoms with van der Waals surface area (Å²) >= 11 is 7.54. The maximum atomic E-state index is 5.90. The second-order valence-electron chi connectivity index (χ2n) is 4.18. The van der Waals surface area contributed by atoms with Crippen LogP contribution in [0, 0.1) is 0 Å². The van der Waals surface area contributed by atoms with Crippen LogP contribution in [0.4, 0.5) is 0 Å². The van der Waals surface area contributed by atoms with E-state index >= 15 is 0 Å². The first-order chi connectivity index (χ1) is 8.24. The number of rotatable bonds is 5. The molecule has 1 aromatic carbocycles. The Morgan fingerprint density at radius 1 is 1.18 bits per heavy atom. The van der Waals surface area contributed by atoms with Crippen LogP contribution in [-0.2, 0) is 13.0 Å². The van der Waals surface area contributed by atoms with Crippen molar-refractivity contribution in [2.45, 2.75) is 25.9 Å². The largest absolute Gasteiger partial charge is 0.309 e. The Bertz CT molecular complexity index is 452. The summed E-state index contributed by atoms with van der Waals surface area (Å²) in [7, 11) is 0. The van der Waals surface area contributed by atoms with Crippen LogP contribution >= 0.6 is 22.9 Å². The van der Waals surface area contributed by atoms with Crippen molar-refractivity contribution in [3.05, 3.63) is 57.2 Å². The third-order valence-electron chi connectivity index (χ3n) is 2.64. The lowest BCUT2D eigenvalue weighted by molar-refractivity contribution is 0.549. The van der Waals surface area contributed by atoms with Crippen molar-refractivity contribution in [3.8, 4) is 0 Å². The predicted octanol–water partition coefficient (Wildman–Crippen LogP) is 4.12. The van der Waals surface area contributed by atoms with Crippen molar-refractivity contribution >= 4 is 22.9 Å². The van der Waals surface area contributed by atoms with Gasteiger partial charge in [0.1, 0.15) is 0 Å². The Morgan fingerprint density at radius 3 is 2.59 bits per heavy atom. The standard InChI is InChI=1S/C14H16ClNS/c1-11(9-12-5-3-2-4-6-12)16-10-13-7-8-14(15)17-13/h2-8,11,16H,9-10H2,1H3. The van der Waals surface area contributed by atoms with Gasteiger partial charge in [-0.05, 0) is 31.0 Å². The smallest absolute Gasteiger partial charge is 0.0931 e. The molecule has 0 fully saturated rings. The number of benzene rings is 1. The summed E-state index contributed by atoms with van der Waals surface area (Å²) in [6.07, 6.45) is 1.06. The Balaban J connectivity index is 1.80. The summed E-state index contributed by atoms with van der Waals surface area (Å²) in [5.74, 6) is 0. The number of hydrogen-bond donors (Lipinski definition) is 1. The van der Waals surface area contributed by atoms with Gasteiger partial charge in [0.25, 0.3) is 0 Å². The predicted molar refractivity (Wildman–Crippen MR) is 75.8 cm³/mol. The normalized spacial score (nSPS) is 12.6. The monoisotopic (exact) mass is 265 g/mol. The second kappa shape index (κ2) is 6.20. The third-order valence-corrected chi connectivity index (χ3v) is 3.87. The fourth-order valence-electron chi connectivity index (χ4n) is 1.76. The van der Waals surface area contributed by atoms with E-state index in [9.17, 15) is 0 Å². The zero-order valence-corrected chi connectivity index (χ0v) is 11.4. The minimum Gasteiger partial charge on any atom is -0.309 e. The number of nitrogens with one attached hydrogen (secondary N) is 1. The summed E-state index contributed by atoms with van der Waals surface area (Å²) in [4.78, 5) is 1.29. The Hall–Kier alpha value is -0.830. The molecule has 1 aromatic heterocycles. The topological polar surface area (TPSA) is 12.0 Å². The molecule has 0 aliphatic heterocycles. The van der Waals surface area contributed by atoms with E-state index in [1.807, 2.05) is 6.07 Å². The van der Waals surface area contributed by atoms with E-state index in [1.165, 1.54) is 10.4 Å². The quantitative estimate of drug-likeness (QED) is 0.857. The van der Waals surface area contributed by atoms with Gasteiger partial charge in [-0.15, -0.1) is 11.3 Å². The van der Waals surface area contributed by atoms with Gasteiger partial charge in [0, 0.05) is 17.5 Å². The maximum absolute atomic E-state index is 5.90. The SMILES string of the molecule is CC(Cc1ccccc1)NCc1ccc(Cl)s1. The highest BCUT2D eigenvalue weighted by molar-refractivity contribution is 7.16. The Morgan fingerprint density at radius 2 is 1.94 bits per heavy atom. The van der Waals surface area contributed by atoms with Gasteiger partial charge in [0.2, 0.25) is 0 Å². The molecule has 0 radical (unpaired) electrons. The first-order valence-electron chi connectivity index (χ1n) is 5.75. The summed E-state index contributed by atoms with van der Waals surface area (Å²) in [6.45, 7) is 3.10. The van der Waals surface area contributed by atoms with Crippen LogP contribution in [0.25, 0.3) is 0 Å². The van der Waals surface area contributed by atoms with E-state index in [2.05, 4.69) is 48.6 Å². The number of hydrogen-bond acceptors (Lipinski definition) is 2. The lowest BCUT2D eigenvalue weighted by Crippen LogP contribution is -2.27. The molecule has 0 amide bonds. The molecule has 1 N–H and O–H groups in total. The van der Waals surface area contributed by atoms with Crippen LogP contribution in [0.3, 0.4) is 0 Å². The van der Waals surface area contributed by atoms with E-state index in [1.54, 1.807) is 11.3 Å².